The molecule has 0 aliphatic heterocycles. The molecule has 0 aromatic heterocycles. The molecular formula is C17H30Cl2N2O3. The summed E-state index contributed by atoms with van der Waals surface area (Å²) in [6.45, 7) is 2.20. The Morgan fingerprint density at radius 2 is 1.42 bits per heavy atom. The Balaban J connectivity index is 3.91. The van der Waals surface area contributed by atoms with E-state index in [4.69, 9.17) is 29.1 Å². The molecule has 140 valence electrons. The van der Waals surface area contributed by atoms with E-state index < -0.39 is 17.2 Å². The lowest BCUT2D eigenvalue weighted by molar-refractivity contribution is -0.132. The Hall–Kier alpha value is -0.810. The second kappa shape index (κ2) is 14.5. The van der Waals surface area contributed by atoms with Gasteiger partial charge in [-0.3, -0.25) is 14.4 Å². The predicted molar refractivity (Wildman–Crippen MR) is 97.6 cm³/mol. The molecule has 0 aliphatic carbocycles. The summed E-state index contributed by atoms with van der Waals surface area (Å²) < 4.78 is 0.822. The van der Waals surface area contributed by atoms with Crippen LogP contribution < -0.4 is 5.73 Å². The Morgan fingerprint density at radius 3 is 1.88 bits per heavy atom. The maximum Gasteiger partial charge on any atom is 0.245 e. The first kappa shape index (κ1) is 23.2. The highest BCUT2D eigenvalue weighted by atomic mass is 35.5. The summed E-state index contributed by atoms with van der Waals surface area (Å²) in [5.74, 6) is -0.905. The molecule has 0 heterocycles. The van der Waals surface area contributed by atoms with E-state index in [0.29, 0.717) is 0 Å². The highest BCUT2D eigenvalue weighted by Gasteiger charge is 2.27. The SMILES string of the molecule is CCCCCCCCCCCC(=O)N(Cl)[C@@H](CCC(N)=O)C(=O)Cl. The Morgan fingerprint density at radius 1 is 0.917 bits per heavy atom. The molecule has 0 saturated carbocycles. The molecule has 0 aromatic carbocycles. The molecule has 0 rings (SSSR count). The summed E-state index contributed by atoms with van der Waals surface area (Å²) in [6, 6.07) is -1.01. The van der Waals surface area contributed by atoms with Crippen LogP contribution in [0.5, 0.6) is 0 Å². The highest BCUT2D eigenvalue weighted by Crippen LogP contribution is 2.17. The van der Waals surface area contributed by atoms with E-state index in [1.54, 1.807) is 0 Å². The number of halogens is 2. The van der Waals surface area contributed by atoms with E-state index in [1.807, 2.05) is 0 Å². The minimum Gasteiger partial charge on any atom is -0.370 e. The van der Waals surface area contributed by atoms with Crippen LogP contribution in [-0.2, 0) is 14.4 Å². The van der Waals surface area contributed by atoms with Crippen LogP contribution in [0, 0.1) is 0 Å². The number of carbonyl (C=O) groups is 3. The zero-order chi connectivity index (χ0) is 18.4. The molecule has 0 fully saturated rings. The normalized spacial score (nSPS) is 12.0. The molecule has 24 heavy (non-hydrogen) atoms. The van der Waals surface area contributed by atoms with Crippen molar-refractivity contribution in [3.63, 3.8) is 0 Å². The summed E-state index contributed by atoms with van der Waals surface area (Å²) in [5.41, 5.74) is 5.04. The van der Waals surface area contributed by atoms with Gasteiger partial charge in [-0.05, 0) is 24.4 Å². The summed E-state index contributed by atoms with van der Waals surface area (Å²) >= 11 is 11.4. The van der Waals surface area contributed by atoms with Gasteiger partial charge in [0.25, 0.3) is 0 Å². The minimum atomic E-state index is -1.01. The first-order chi connectivity index (χ1) is 11.4. The third-order valence-corrected chi connectivity index (χ3v) is 4.61. The fourth-order valence-electron chi connectivity index (χ4n) is 2.46. The average Bonchev–Trinajstić information content (AvgIpc) is 2.52. The van der Waals surface area contributed by atoms with Crippen LogP contribution in [0.25, 0.3) is 0 Å². The quantitative estimate of drug-likeness (QED) is 0.261. The number of hydrogen-bond acceptors (Lipinski definition) is 3. The third kappa shape index (κ3) is 11.7. The first-order valence-corrected chi connectivity index (χ1v) is 9.57. The summed E-state index contributed by atoms with van der Waals surface area (Å²) in [7, 11) is 0. The van der Waals surface area contributed by atoms with Crippen LogP contribution in [0.3, 0.4) is 0 Å². The molecule has 1 atom stereocenters. The van der Waals surface area contributed by atoms with Crippen LogP contribution in [-0.4, -0.2) is 27.5 Å². The number of hydrogen-bond donors (Lipinski definition) is 1. The summed E-state index contributed by atoms with van der Waals surface area (Å²) in [4.78, 5) is 34.2. The van der Waals surface area contributed by atoms with Crippen molar-refractivity contribution >= 4 is 40.4 Å². The number of carbonyl (C=O) groups excluding carboxylic acids is 3. The molecule has 0 saturated heterocycles. The number of primary amides is 1. The van der Waals surface area contributed by atoms with E-state index >= 15 is 0 Å². The second-order valence-electron chi connectivity index (χ2n) is 6.11. The zero-order valence-electron chi connectivity index (χ0n) is 14.6. The lowest BCUT2D eigenvalue weighted by Gasteiger charge is -2.21. The average molecular weight is 381 g/mol. The molecule has 2 amide bonds. The van der Waals surface area contributed by atoms with Gasteiger partial charge in [0.2, 0.25) is 17.1 Å². The molecule has 0 unspecified atom stereocenters. The Labute approximate surface area is 155 Å². The fraction of sp³-hybridized carbons (Fsp3) is 0.824. The number of unbranched alkanes of at least 4 members (excludes halogenated alkanes) is 8. The van der Waals surface area contributed by atoms with Crippen molar-refractivity contribution in [3.8, 4) is 0 Å². The van der Waals surface area contributed by atoms with Crippen molar-refractivity contribution < 1.29 is 14.4 Å². The van der Waals surface area contributed by atoms with Gasteiger partial charge in [-0.25, -0.2) is 4.42 Å². The van der Waals surface area contributed by atoms with Gasteiger partial charge in [-0.15, -0.1) is 0 Å². The maximum atomic E-state index is 12.0. The van der Waals surface area contributed by atoms with Crippen molar-refractivity contribution in [2.75, 3.05) is 0 Å². The monoisotopic (exact) mass is 380 g/mol. The van der Waals surface area contributed by atoms with Gasteiger partial charge in [0.1, 0.15) is 6.04 Å². The standard InChI is InChI=1S/C17H30Cl2N2O3/c1-2-3-4-5-6-7-8-9-10-11-16(23)21(19)14(17(18)24)12-13-15(20)22/h14H,2-13H2,1H3,(H2,20,22)/t14-/m0/s1. The van der Waals surface area contributed by atoms with Crippen molar-refractivity contribution in [1.82, 2.24) is 4.42 Å². The lowest BCUT2D eigenvalue weighted by atomic mass is 10.1. The number of amides is 2. The molecule has 2 N–H and O–H groups in total. The molecule has 5 nitrogen and oxygen atoms in total. The minimum absolute atomic E-state index is 0.0440. The smallest absolute Gasteiger partial charge is 0.245 e. The molecule has 0 aliphatic rings. The molecular weight excluding hydrogens is 351 g/mol. The van der Waals surface area contributed by atoms with Gasteiger partial charge in [0.05, 0.1) is 0 Å². The van der Waals surface area contributed by atoms with Gasteiger partial charge in [-0.1, -0.05) is 58.3 Å². The first-order valence-electron chi connectivity index (χ1n) is 8.85. The van der Waals surface area contributed by atoms with Crippen molar-refractivity contribution in [2.45, 2.75) is 90.0 Å². The zero-order valence-corrected chi connectivity index (χ0v) is 16.1. The summed E-state index contributed by atoms with van der Waals surface area (Å²) in [6.07, 6.45) is 10.6. The van der Waals surface area contributed by atoms with Crippen LogP contribution in [0.2, 0.25) is 0 Å². The Kier molecular flexibility index (Phi) is 14.0. The maximum absolute atomic E-state index is 12.0. The number of nitrogens with two attached hydrogens (primary N) is 1. The predicted octanol–water partition coefficient (Wildman–Crippen LogP) is 4.29. The van der Waals surface area contributed by atoms with Gasteiger partial charge >= 0.3 is 0 Å². The van der Waals surface area contributed by atoms with Crippen molar-refractivity contribution in [2.24, 2.45) is 5.73 Å². The number of nitrogens with zero attached hydrogens (tertiary/aromatic N) is 1. The third-order valence-electron chi connectivity index (χ3n) is 3.93. The van der Waals surface area contributed by atoms with E-state index in [0.717, 1.165) is 23.7 Å². The second-order valence-corrected chi connectivity index (χ2v) is 6.85. The molecule has 0 aromatic rings. The molecule has 0 radical (unpaired) electrons. The summed E-state index contributed by atoms with van der Waals surface area (Å²) in [5, 5.41) is -0.758. The largest absolute Gasteiger partial charge is 0.370 e. The molecule has 0 bridgehead atoms. The van der Waals surface area contributed by atoms with E-state index in [9.17, 15) is 14.4 Å². The van der Waals surface area contributed by atoms with Crippen LogP contribution >= 0.6 is 23.4 Å². The topological polar surface area (TPSA) is 80.5 Å². The van der Waals surface area contributed by atoms with E-state index in [1.165, 1.54) is 38.5 Å². The van der Waals surface area contributed by atoms with Crippen molar-refractivity contribution in [1.29, 1.82) is 0 Å². The lowest BCUT2D eigenvalue weighted by Crippen LogP contribution is -2.37. The van der Waals surface area contributed by atoms with Gasteiger partial charge in [0.15, 0.2) is 0 Å². The van der Waals surface area contributed by atoms with Crippen molar-refractivity contribution in [3.05, 3.63) is 0 Å². The molecule has 7 heteroatoms. The van der Waals surface area contributed by atoms with Crippen LogP contribution in [0.15, 0.2) is 0 Å². The molecule has 0 spiro atoms. The number of rotatable bonds is 15. The van der Waals surface area contributed by atoms with E-state index in [-0.39, 0.29) is 25.2 Å². The fourth-order valence-corrected chi connectivity index (χ4v) is 2.99. The van der Waals surface area contributed by atoms with E-state index in [2.05, 4.69) is 6.92 Å². The van der Waals surface area contributed by atoms with Gasteiger partial charge < -0.3 is 5.73 Å². The van der Waals surface area contributed by atoms with Gasteiger partial charge in [-0.2, -0.15) is 0 Å². The van der Waals surface area contributed by atoms with Gasteiger partial charge in [0, 0.05) is 24.6 Å². The highest BCUT2D eigenvalue weighted by molar-refractivity contribution is 6.65. The van der Waals surface area contributed by atoms with Crippen LogP contribution in [0.4, 0.5) is 0 Å². The van der Waals surface area contributed by atoms with Crippen LogP contribution in [0.1, 0.15) is 84.0 Å². The Bertz CT molecular complexity index is 392.